The van der Waals surface area contributed by atoms with E-state index >= 15 is 0 Å². The van der Waals surface area contributed by atoms with Crippen LogP contribution in [0.5, 0.6) is 0 Å². The van der Waals surface area contributed by atoms with E-state index in [0.29, 0.717) is 19.4 Å². The highest BCUT2D eigenvalue weighted by atomic mass is 32.2. The molecule has 0 radical (unpaired) electrons. The van der Waals surface area contributed by atoms with Crippen molar-refractivity contribution < 1.29 is 18.3 Å². The molecule has 1 saturated carbocycles. The van der Waals surface area contributed by atoms with Crippen molar-refractivity contribution in [2.45, 2.75) is 57.9 Å². The van der Waals surface area contributed by atoms with Crippen molar-refractivity contribution in [2.75, 3.05) is 13.1 Å². The molecule has 0 amide bonds. The summed E-state index contributed by atoms with van der Waals surface area (Å²) in [6, 6.07) is -0.00870. The second-order valence-electron chi connectivity index (χ2n) is 6.07. The van der Waals surface area contributed by atoms with Crippen molar-refractivity contribution in [3.8, 4) is 0 Å². The summed E-state index contributed by atoms with van der Waals surface area (Å²) >= 11 is 0. The lowest BCUT2D eigenvalue weighted by Crippen LogP contribution is -2.51. The van der Waals surface area contributed by atoms with Crippen LogP contribution in [0.25, 0.3) is 0 Å². The highest BCUT2D eigenvalue weighted by Gasteiger charge is 2.42. The minimum atomic E-state index is -3.57. The average molecular weight is 304 g/mol. The van der Waals surface area contributed by atoms with Crippen LogP contribution in [0, 0.1) is 5.41 Å². The molecular weight excluding hydrogens is 280 g/mol. The van der Waals surface area contributed by atoms with Crippen LogP contribution in [-0.2, 0) is 15.0 Å². The van der Waals surface area contributed by atoms with E-state index in [1.807, 2.05) is 6.92 Å². The molecular formula is C13H24N2O4S. The van der Waals surface area contributed by atoms with Gasteiger partial charge in [0, 0.05) is 19.1 Å². The number of carbonyl (C=O) groups is 1. The molecule has 2 fully saturated rings. The van der Waals surface area contributed by atoms with Gasteiger partial charge < -0.3 is 5.11 Å². The third-order valence-electron chi connectivity index (χ3n) is 4.66. The molecule has 0 aromatic rings. The molecule has 1 aliphatic heterocycles. The van der Waals surface area contributed by atoms with Crippen LogP contribution in [0.15, 0.2) is 0 Å². The van der Waals surface area contributed by atoms with Crippen LogP contribution in [-0.4, -0.2) is 42.9 Å². The molecule has 0 spiro atoms. The SMILES string of the molecule is CC1CCCCN1S(=O)(=O)NCC1(C(=O)O)CCCC1. The predicted molar refractivity (Wildman–Crippen MR) is 75.5 cm³/mol. The van der Waals surface area contributed by atoms with Crippen LogP contribution in [0.1, 0.15) is 51.9 Å². The maximum atomic E-state index is 12.3. The molecule has 2 aliphatic rings. The van der Waals surface area contributed by atoms with Gasteiger partial charge in [0.1, 0.15) is 0 Å². The van der Waals surface area contributed by atoms with Crippen molar-refractivity contribution in [3.05, 3.63) is 0 Å². The number of hydrogen-bond acceptors (Lipinski definition) is 3. The number of nitrogens with one attached hydrogen (secondary N) is 1. The van der Waals surface area contributed by atoms with Crippen LogP contribution in [0.3, 0.4) is 0 Å². The van der Waals surface area contributed by atoms with Gasteiger partial charge in [-0.05, 0) is 32.6 Å². The van der Waals surface area contributed by atoms with Crippen LogP contribution in [0.2, 0.25) is 0 Å². The number of hydrogen-bond donors (Lipinski definition) is 2. The van der Waals surface area contributed by atoms with Crippen molar-refractivity contribution in [3.63, 3.8) is 0 Å². The first-order valence-corrected chi connectivity index (χ1v) is 8.81. The summed E-state index contributed by atoms with van der Waals surface area (Å²) < 4.78 is 28.7. The number of aliphatic carboxylic acids is 1. The number of piperidine rings is 1. The minimum Gasteiger partial charge on any atom is -0.481 e. The first-order chi connectivity index (χ1) is 9.37. The van der Waals surface area contributed by atoms with E-state index in [2.05, 4.69) is 4.72 Å². The fraction of sp³-hybridized carbons (Fsp3) is 0.923. The Hall–Kier alpha value is -0.660. The first kappa shape index (κ1) is 15.7. The lowest BCUT2D eigenvalue weighted by atomic mass is 9.87. The fourth-order valence-electron chi connectivity index (χ4n) is 3.26. The lowest BCUT2D eigenvalue weighted by Gasteiger charge is -2.33. The molecule has 0 bridgehead atoms. The third kappa shape index (κ3) is 3.15. The minimum absolute atomic E-state index is 0.00782. The first-order valence-electron chi connectivity index (χ1n) is 7.37. The second-order valence-corrected chi connectivity index (χ2v) is 7.78. The van der Waals surface area contributed by atoms with Crippen LogP contribution < -0.4 is 4.72 Å². The molecule has 2 rings (SSSR count). The molecule has 1 atom stereocenters. The summed E-state index contributed by atoms with van der Waals surface area (Å²) in [4.78, 5) is 11.4. The Balaban J connectivity index is 2.03. The van der Waals surface area contributed by atoms with Crippen LogP contribution in [0.4, 0.5) is 0 Å². The van der Waals surface area contributed by atoms with Crippen molar-refractivity contribution in [1.29, 1.82) is 0 Å². The van der Waals surface area contributed by atoms with Gasteiger partial charge in [-0.25, -0.2) is 4.72 Å². The van der Waals surface area contributed by atoms with E-state index in [1.54, 1.807) is 0 Å². The third-order valence-corrected chi connectivity index (χ3v) is 6.33. The topological polar surface area (TPSA) is 86.7 Å². The van der Waals surface area contributed by atoms with Crippen molar-refractivity contribution in [2.24, 2.45) is 5.41 Å². The van der Waals surface area contributed by atoms with E-state index < -0.39 is 21.6 Å². The number of rotatable bonds is 5. The summed E-state index contributed by atoms with van der Waals surface area (Å²) in [7, 11) is -3.57. The largest absolute Gasteiger partial charge is 0.481 e. The van der Waals surface area contributed by atoms with Gasteiger partial charge in [0.05, 0.1) is 5.41 Å². The number of nitrogens with zero attached hydrogens (tertiary/aromatic N) is 1. The fourth-order valence-corrected chi connectivity index (χ4v) is 4.83. The molecule has 1 aliphatic carbocycles. The zero-order valence-corrected chi connectivity index (χ0v) is 12.8. The summed E-state index contributed by atoms with van der Waals surface area (Å²) in [6.07, 6.45) is 5.61. The molecule has 7 heteroatoms. The van der Waals surface area contributed by atoms with Gasteiger partial charge in [0.15, 0.2) is 0 Å². The Bertz CT molecular complexity index is 457. The van der Waals surface area contributed by atoms with E-state index in [1.165, 1.54) is 4.31 Å². The quantitative estimate of drug-likeness (QED) is 0.802. The van der Waals surface area contributed by atoms with Gasteiger partial charge in [0.25, 0.3) is 10.2 Å². The Morgan fingerprint density at radius 1 is 1.30 bits per heavy atom. The van der Waals surface area contributed by atoms with Gasteiger partial charge >= 0.3 is 5.97 Å². The molecule has 1 saturated heterocycles. The maximum Gasteiger partial charge on any atom is 0.310 e. The lowest BCUT2D eigenvalue weighted by molar-refractivity contribution is -0.148. The Morgan fingerprint density at radius 2 is 1.95 bits per heavy atom. The Morgan fingerprint density at radius 3 is 2.50 bits per heavy atom. The highest BCUT2D eigenvalue weighted by molar-refractivity contribution is 7.87. The van der Waals surface area contributed by atoms with Crippen LogP contribution >= 0.6 is 0 Å². The van der Waals surface area contributed by atoms with E-state index in [-0.39, 0.29) is 12.6 Å². The average Bonchev–Trinajstić information content (AvgIpc) is 2.87. The number of carboxylic acids is 1. The summed E-state index contributed by atoms with van der Waals surface area (Å²) in [5.74, 6) is -0.885. The number of carboxylic acid groups (broad SMARTS) is 1. The molecule has 1 heterocycles. The van der Waals surface area contributed by atoms with Gasteiger partial charge in [-0.3, -0.25) is 4.79 Å². The maximum absolute atomic E-state index is 12.3. The standard InChI is InChI=1S/C13H24N2O4S/c1-11-6-2-5-9-15(11)20(18,19)14-10-13(12(16)17)7-3-4-8-13/h11,14H,2-10H2,1H3,(H,16,17). The summed E-state index contributed by atoms with van der Waals surface area (Å²) in [5, 5.41) is 9.37. The highest BCUT2D eigenvalue weighted by Crippen LogP contribution is 2.38. The summed E-state index contributed by atoms with van der Waals surface area (Å²) in [6.45, 7) is 2.44. The second kappa shape index (κ2) is 5.99. The molecule has 1 unspecified atom stereocenters. The van der Waals surface area contributed by atoms with Gasteiger partial charge in [0.2, 0.25) is 0 Å². The van der Waals surface area contributed by atoms with Crippen molar-refractivity contribution in [1.82, 2.24) is 9.03 Å². The van der Waals surface area contributed by atoms with Crippen molar-refractivity contribution >= 4 is 16.2 Å². The summed E-state index contributed by atoms with van der Waals surface area (Å²) in [5.41, 5.74) is -0.911. The molecule has 116 valence electrons. The molecule has 0 aromatic carbocycles. The molecule has 6 nitrogen and oxygen atoms in total. The molecule has 0 aromatic heterocycles. The van der Waals surface area contributed by atoms with Gasteiger partial charge in [-0.1, -0.05) is 19.3 Å². The van der Waals surface area contributed by atoms with E-state index in [0.717, 1.165) is 32.1 Å². The van der Waals surface area contributed by atoms with Gasteiger partial charge in [-0.2, -0.15) is 12.7 Å². The zero-order valence-electron chi connectivity index (χ0n) is 12.0. The normalized spacial score (nSPS) is 27.6. The molecule has 20 heavy (non-hydrogen) atoms. The van der Waals surface area contributed by atoms with E-state index in [9.17, 15) is 18.3 Å². The Kier molecular flexibility index (Phi) is 4.71. The molecule has 2 N–H and O–H groups in total. The zero-order chi connectivity index (χ0) is 14.8. The van der Waals surface area contributed by atoms with E-state index in [4.69, 9.17) is 0 Å². The smallest absolute Gasteiger partial charge is 0.310 e. The monoisotopic (exact) mass is 304 g/mol. The Labute approximate surface area is 120 Å². The predicted octanol–water partition coefficient (Wildman–Crippen LogP) is 1.34. The van der Waals surface area contributed by atoms with Gasteiger partial charge in [-0.15, -0.1) is 0 Å².